The fraction of sp³-hybridized carbons (Fsp3) is 0.718. The van der Waals surface area contributed by atoms with Gasteiger partial charge in [0.05, 0.1) is 42.7 Å². The van der Waals surface area contributed by atoms with Crippen LogP contribution >= 0.6 is 0 Å². The molecule has 0 radical (unpaired) electrons. The van der Waals surface area contributed by atoms with Crippen molar-refractivity contribution in [1.29, 1.82) is 0 Å². The zero-order chi connectivity index (χ0) is 39.3. The summed E-state index contributed by atoms with van der Waals surface area (Å²) in [6.45, 7) is 13.9. The second-order valence-electron chi connectivity index (χ2n) is 14.9. The second-order valence-corrected chi connectivity index (χ2v) is 14.9. The maximum absolute atomic E-state index is 14.1. The number of methoxy groups -OCH3 is 2. The summed E-state index contributed by atoms with van der Waals surface area (Å²) >= 11 is 0. The number of rotatable bonds is 21. The zero-order valence-corrected chi connectivity index (χ0v) is 33.2. The predicted molar refractivity (Wildman–Crippen MR) is 200 cm³/mol. The molecule has 1 aliphatic rings. The fourth-order valence-electron chi connectivity index (χ4n) is 7.40. The van der Waals surface area contributed by atoms with E-state index in [1.807, 2.05) is 71.9 Å². The Balaban J connectivity index is 2.26. The van der Waals surface area contributed by atoms with Gasteiger partial charge in [0.25, 0.3) is 0 Å². The van der Waals surface area contributed by atoms with Gasteiger partial charge >= 0.3 is 5.97 Å². The van der Waals surface area contributed by atoms with Crippen LogP contribution in [-0.4, -0.2) is 122 Å². The third kappa shape index (κ3) is 11.7. The van der Waals surface area contributed by atoms with Gasteiger partial charge in [-0.3, -0.25) is 19.2 Å². The minimum absolute atomic E-state index is 0.0112. The van der Waals surface area contributed by atoms with Gasteiger partial charge in [-0.2, -0.15) is 0 Å². The number of carboxylic acid groups (broad SMARTS) is 1. The van der Waals surface area contributed by atoms with E-state index in [2.05, 4.69) is 16.0 Å². The van der Waals surface area contributed by atoms with Crippen LogP contribution in [0.2, 0.25) is 0 Å². The number of hydrogen-bond acceptors (Lipinski definition) is 8. The quantitative estimate of drug-likeness (QED) is 0.149. The number of nitrogens with one attached hydrogen (secondary N) is 3. The highest BCUT2D eigenvalue weighted by Crippen LogP contribution is 2.29. The molecule has 0 aromatic heterocycles. The van der Waals surface area contributed by atoms with Gasteiger partial charge in [0, 0.05) is 34.2 Å². The van der Waals surface area contributed by atoms with Gasteiger partial charge in [-0.25, -0.2) is 4.79 Å². The maximum Gasteiger partial charge on any atom is 0.326 e. The second kappa shape index (κ2) is 21.2. The van der Waals surface area contributed by atoms with E-state index in [4.69, 9.17) is 9.47 Å². The SMILES string of the molecule is CC[C@H](C)[C@@H]([C@@H](CC(=O)N1CCC[C@H]1[C@H](OC)C(C)C(=O)N[C@@H](Cc1ccccc1)C(=O)O)OC)N(C)C(=O)[C@@H](NC(=O)[C@@H](NC)C(C)C)C(C)C. The predicted octanol–water partition coefficient (Wildman–Crippen LogP) is 3.10. The average molecular weight is 732 g/mol. The van der Waals surface area contributed by atoms with Crippen LogP contribution in [0.4, 0.5) is 0 Å². The van der Waals surface area contributed by atoms with Gasteiger partial charge in [-0.1, -0.05) is 85.2 Å². The van der Waals surface area contributed by atoms with E-state index in [1.54, 1.807) is 30.8 Å². The smallest absolute Gasteiger partial charge is 0.326 e. The Bertz CT molecular complexity index is 1310. The number of benzene rings is 1. The monoisotopic (exact) mass is 731 g/mol. The van der Waals surface area contributed by atoms with Crippen LogP contribution in [0, 0.1) is 23.7 Å². The molecule has 0 aliphatic carbocycles. The summed E-state index contributed by atoms with van der Waals surface area (Å²) in [6.07, 6.45) is 0.818. The Hall–Kier alpha value is -3.55. The number of likely N-dealkylation sites (tertiary alicyclic amines) is 1. The number of carbonyl (C=O) groups excluding carboxylic acids is 4. The molecule has 4 amide bonds. The Morgan fingerprint density at radius 3 is 2.04 bits per heavy atom. The molecule has 1 saturated heterocycles. The van der Waals surface area contributed by atoms with Crippen LogP contribution in [0.3, 0.4) is 0 Å². The van der Waals surface area contributed by atoms with Crippen molar-refractivity contribution in [3.05, 3.63) is 35.9 Å². The van der Waals surface area contributed by atoms with E-state index < -0.39 is 60.2 Å². The van der Waals surface area contributed by atoms with E-state index in [0.717, 1.165) is 12.0 Å². The number of amides is 4. The van der Waals surface area contributed by atoms with Crippen LogP contribution in [0.5, 0.6) is 0 Å². The highest BCUT2D eigenvalue weighted by Gasteiger charge is 2.43. The molecule has 1 heterocycles. The lowest BCUT2D eigenvalue weighted by Gasteiger charge is -2.41. The maximum atomic E-state index is 14.1. The highest BCUT2D eigenvalue weighted by atomic mass is 16.5. The Labute approximate surface area is 310 Å². The van der Waals surface area contributed by atoms with Crippen molar-refractivity contribution in [2.45, 2.75) is 123 Å². The first-order valence-electron chi connectivity index (χ1n) is 18.7. The van der Waals surface area contributed by atoms with Gasteiger partial charge in [-0.15, -0.1) is 0 Å². The number of hydrogen-bond donors (Lipinski definition) is 4. The van der Waals surface area contributed by atoms with Crippen molar-refractivity contribution >= 4 is 29.6 Å². The molecule has 4 N–H and O–H groups in total. The van der Waals surface area contributed by atoms with Crippen molar-refractivity contribution in [2.75, 3.05) is 34.9 Å². The normalized spacial score (nSPS) is 19.2. The van der Waals surface area contributed by atoms with E-state index >= 15 is 0 Å². The Kier molecular flexibility index (Phi) is 18.2. The third-order valence-electron chi connectivity index (χ3n) is 10.6. The molecule has 294 valence electrons. The summed E-state index contributed by atoms with van der Waals surface area (Å²) in [6, 6.07) is 5.84. The van der Waals surface area contributed by atoms with Gasteiger partial charge in [-0.05, 0) is 43.2 Å². The van der Waals surface area contributed by atoms with Gasteiger partial charge in [0.15, 0.2) is 0 Å². The lowest BCUT2D eigenvalue weighted by molar-refractivity contribution is -0.148. The van der Waals surface area contributed by atoms with Crippen LogP contribution in [0.15, 0.2) is 30.3 Å². The van der Waals surface area contributed by atoms with Crippen LogP contribution in [-0.2, 0) is 39.9 Å². The molecular weight excluding hydrogens is 666 g/mol. The highest BCUT2D eigenvalue weighted by molar-refractivity contribution is 5.90. The average Bonchev–Trinajstić information content (AvgIpc) is 3.59. The number of carbonyl (C=O) groups is 5. The molecule has 13 nitrogen and oxygen atoms in total. The van der Waals surface area contributed by atoms with Crippen LogP contribution in [0.1, 0.15) is 79.7 Å². The molecule has 1 fully saturated rings. The summed E-state index contributed by atoms with van der Waals surface area (Å²) in [7, 11) is 6.46. The van der Waals surface area contributed by atoms with E-state index in [9.17, 15) is 29.1 Å². The lowest BCUT2D eigenvalue weighted by atomic mass is 9.89. The van der Waals surface area contributed by atoms with Gasteiger partial charge < -0.3 is 40.3 Å². The standard InChI is InChI=1S/C39H65N5O8/c1-12-25(6)34(43(9)38(48)33(24(4)5)42-37(47)32(40-8)23(2)3)30(51-10)22-31(45)44-20-16-19-29(44)35(52-11)26(7)36(46)41-28(39(49)50)21-27-17-14-13-15-18-27/h13-15,17-18,23-26,28-30,32-35,40H,12,16,19-22H2,1-11H3,(H,41,46)(H,42,47)(H,49,50)/t25-,26?,28-,29-,30+,32-,33-,34-,35+/m0/s1. The number of likely N-dealkylation sites (N-methyl/N-ethyl adjacent to an activating group) is 2. The number of carboxylic acids is 1. The van der Waals surface area contributed by atoms with E-state index in [0.29, 0.717) is 19.4 Å². The van der Waals surface area contributed by atoms with E-state index in [1.165, 1.54) is 14.2 Å². The zero-order valence-electron chi connectivity index (χ0n) is 33.2. The first kappa shape index (κ1) is 44.6. The molecule has 0 spiro atoms. The first-order chi connectivity index (χ1) is 24.5. The molecule has 1 aromatic carbocycles. The number of aliphatic carboxylic acids is 1. The third-order valence-corrected chi connectivity index (χ3v) is 10.6. The summed E-state index contributed by atoms with van der Waals surface area (Å²) < 4.78 is 11.8. The molecule has 0 bridgehead atoms. The largest absolute Gasteiger partial charge is 0.480 e. The molecule has 9 atom stereocenters. The summed E-state index contributed by atoms with van der Waals surface area (Å²) in [5, 5.41) is 18.5. The number of ether oxygens (including phenoxy) is 2. The van der Waals surface area contributed by atoms with Crippen molar-refractivity contribution in [1.82, 2.24) is 25.8 Å². The van der Waals surface area contributed by atoms with Crippen LogP contribution in [0.25, 0.3) is 0 Å². The van der Waals surface area contributed by atoms with Gasteiger partial charge in [0.1, 0.15) is 12.1 Å². The van der Waals surface area contributed by atoms with Crippen molar-refractivity contribution < 1.29 is 38.6 Å². The molecule has 1 aliphatic heterocycles. The van der Waals surface area contributed by atoms with Crippen molar-refractivity contribution in [2.24, 2.45) is 23.7 Å². The van der Waals surface area contributed by atoms with Gasteiger partial charge in [0.2, 0.25) is 23.6 Å². The topological polar surface area (TPSA) is 167 Å². The summed E-state index contributed by atoms with van der Waals surface area (Å²) in [4.78, 5) is 70.3. The molecule has 2 rings (SSSR count). The lowest BCUT2D eigenvalue weighted by Crippen LogP contribution is -2.59. The molecule has 0 saturated carbocycles. The van der Waals surface area contributed by atoms with E-state index in [-0.39, 0.29) is 48.3 Å². The molecule has 13 heteroatoms. The summed E-state index contributed by atoms with van der Waals surface area (Å²) in [5.74, 6) is -3.27. The molecule has 1 aromatic rings. The molecule has 1 unspecified atom stereocenters. The fourth-order valence-corrected chi connectivity index (χ4v) is 7.40. The van der Waals surface area contributed by atoms with Crippen molar-refractivity contribution in [3.63, 3.8) is 0 Å². The minimum Gasteiger partial charge on any atom is -0.480 e. The van der Waals surface area contributed by atoms with Crippen LogP contribution < -0.4 is 16.0 Å². The Morgan fingerprint density at radius 1 is 0.923 bits per heavy atom. The molecule has 52 heavy (non-hydrogen) atoms. The number of nitrogens with zero attached hydrogens (tertiary/aromatic N) is 2. The minimum atomic E-state index is -1.14. The molecular formula is C39H65N5O8. The van der Waals surface area contributed by atoms with Crippen molar-refractivity contribution in [3.8, 4) is 0 Å². The Morgan fingerprint density at radius 2 is 1.54 bits per heavy atom. The first-order valence-corrected chi connectivity index (χ1v) is 18.7. The summed E-state index contributed by atoms with van der Waals surface area (Å²) in [5.41, 5.74) is 0.785.